The van der Waals surface area contributed by atoms with Crippen molar-refractivity contribution >= 4 is 17.9 Å². The van der Waals surface area contributed by atoms with Gasteiger partial charge in [0.05, 0.1) is 18.2 Å². The molecule has 0 heterocycles. The van der Waals surface area contributed by atoms with Crippen molar-refractivity contribution < 1.29 is 14.3 Å². The van der Waals surface area contributed by atoms with Crippen LogP contribution in [0.3, 0.4) is 0 Å². The lowest BCUT2D eigenvalue weighted by molar-refractivity contribution is 0.112. The molecule has 0 radical (unpaired) electrons. The summed E-state index contributed by atoms with van der Waals surface area (Å²) < 4.78 is 11.0. The summed E-state index contributed by atoms with van der Waals surface area (Å²) in [5, 5.41) is 0.411. The minimum absolute atomic E-state index is 0.411. The van der Waals surface area contributed by atoms with E-state index in [2.05, 4.69) is 6.92 Å². The Kier molecular flexibility index (Phi) is 5.84. The Balaban J connectivity index is 2.94. The molecule has 94 valence electrons. The van der Waals surface area contributed by atoms with Gasteiger partial charge in [-0.2, -0.15) is 0 Å². The van der Waals surface area contributed by atoms with E-state index in [-0.39, 0.29) is 0 Å². The van der Waals surface area contributed by atoms with Crippen LogP contribution in [0, 0.1) is 0 Å². The molecule has 0 saturated carbocycles. The molecule has 4 heteroatoms. The number of hydrogen-bond acceptors (Lipinski definition) is 3. The second-order valence-corrected chi connectivity index (χ2v) is 3.99. The smallest absolute Gasteiger partial charge is 0.179 e. The van der Waals surface area contributed by atoms with Crippen LogP contribution in [-0.2, 0) is 0 Å². The number of carbonyl (C=O) groups excluding carboxylic acids is 1. The second-order valence-electron chi connectivity index (χ2n) is 3.58. The van der Waals surface area contributed by atoms with E-state index in [1.54, 1.807) is 12.1 Å². The Bertz CT molecular complexity index is 377. The van der Waals surface area contributed by atoms with E-state index < -0.39 is 0 Å². The summed E-state index contributed by atoms with van der Waals surface area (Å²) in [5.41, 5.74) is 0.487. The number of halogens is 1. The van der Waals surface area contributed by atoms with E-state index in [4.69, 9.17) is 21.1 Å². The van der Waals surface area contributed by atoms with Crippen LogP contribution in [0.2, 0.25) is 5.02 Å². The van der Waals surface area contributed by atoms with Gasteiger partial charge in [0.2, 0.25) is 0 Å². The third-order valence-electron chi connectivity index (χ3n) is 2.21. The molecule has 0 aliphatic rings. The third-order valence-corrected chi connectivity index (χ3v) is 2.49. The molecule has 0 N–H and O–H groups in total. The zero-order valence-electron chi connectivity index (χ0n) is 10.2. The quantitative estimate of drug-likeness (QED) is 0.551. The lowest BCUT2D eigenvalue weighted by Crippen LogP contribution is -2.02. The maximum Gasteiger partial charge on any atom is 0.179 e. The first-order valence-corrected chi connectivity index (χ1v) is 6.15. The highest BCUT2D eigenvalue weighted by Crippen LogP contribution is 2.36. The van der Waals surface area contributed by atoms with Crippen LogP contribution >= 0.6 is 11.6 Å². The first kappa shape index (κ1) is 13.8. The molecule has 0 fully saturated rings. The van der Waals surface area contributed by atoms with Crippen molar-refractivity contribution in [2.45, 2.75) is 26.7 Å². The molecule has 0 unspecified atom stereocenters. The molecule has 17 heavy (non-hydrogen) atoms. The number of aldehydes is 1. The van der Waals surface area contributed by atoms with Crippen LogP contribution in [-0.4, -0.2) is 19.5 Å². The van der Waals surface area contributed by atoms with E-state index in [0.29, 0.717) is 35.3 Å². The molecular weight excluding hydrogens is 240 g/mol. The Morgan fingerprint density at radius 2 is 2.06 bits per heavy atom. The lowest BCUT2D eigenvalue weighted by Gasteiger charge is -2.13. The van der Waals surface area contributed by atoms with Crippen molar-refractivity contribution in [1.29, 1.82) is 0 Å². The molecule has 1 aromatic carbocycles. The van der Waals surface area contributed by atoms with Crippen molar-refractivity contribution in [2.75, 3.05) is 13.2 Å². The molecule has 0 spiro atoms. The summed E-state index contributed by atoms with van der Waals surface area (Å²) in [4.78, 5) is 10.7. The van der Waals surface area contributed by atoms with Crippen molar-refractivity contribution in [1.82, 2.24) is 0 Å². The van der Waals surface area contributed by atoms with Gasteiger partial charge in [-0.25, -0.2) is 0 Å². The van der Waals surface area contributed by atoms with Crippen molar-refractivity contribution in [3.05, 3.63) is 22.7 Å². The molecule has 0 aliphatic heterocycles. The summed E-state index contributed by atoms with van der Waals surface area (Å²) in [7, 11) is 0. The van der Waals surface area contributed by atoms with E-state index in [1.807, 2.05) is 6.92 Å². The zero-order valence-corrected chi connectivity index (χ0v) is 10.9. The summed E-state index contributed by atoms with van der Waals surface area (Å²) in [5.74, 6) is 1.05. The standard InChI is InChI=1S/C13H17ClO3/c1-3-5-6-17-13-11(14)7-10(9-15)8-12(13)16-4-2/h7-9H,3-6H2,1-2H3. The van der Waals surface area contributed by atoms with Crippen LogP contribution in [0.4, 0.5) is 0 Å². The fraction of sp³-hybridized carbons (Fsp3) is 0.462. The molecule has 3 nitrogen and oxygen atoms in total. The number of rotatable bonds is 7. The number of hydrogen-bond donors (Lipinski definition) is 0. The van der Waals surface area contributed by atoms with E-state index in [0.717, 1.165) is 19.1 Å². The average Bonchev–Trinajstić information content (AvgIpc) is 2.32. The highest BCUT2D eigenvalue weighted by Gasteiger charge is 2.12. The summed E-state index contributed by atoms with van der Waals surface area (Å²) in [6, 6.07) is 3.22. The summed E-state index contributed by atoms with van der Waals surface area (Å²) in [6.45, 7) is 5.06. The van der Waals surface area contributed by atoms with Crippen LogP contribution in [0.25, 0.3) is 0 Å². The largest absolute Gasteiger partial charge is 0.490 e. The molecule has 0 atom stereocenters. The van der Waals surface area contributed by atoms with E-state index in [9.17, 15) is 4.79 Å². The molecule has 1 rings (SSSR count). The monoisotopic (exact) mass is 256 g/mol. The van der Waals surface area contributed by atoms with Gasteiger partial charge in [-0.1, -0.05) is 24.9 Å². The van der Waals surface area contributed by atoms with E-state index in [1.165, 1.54) is 0 Å². The number of carbonyl (C=O) groups is 1. The molecule has 0 saturated heterocycles. The molecule has 0 aromatic heterocycles. The number of benzene rings is 1. The lowest BCUT2D eigenvalue weighted by atomic mass is 10.2. The molecular formula is C13H17ClO3. The predicted molar refractivity (Wildman–Crippen MR) is 68.4 cm³/mol. The highest BCUT2D eigenvalue weighted by molar-refractivity contribution is 6.32. The Labute approximate surface area is 107 Å². The van der Waals surface area contributed by atoms with Gasteiger partial charge in [0.25, 0.3) is 0 Å². The SMILES string of the molecule is CCCCOc1c(Cl)cc(C=O)cc1OCC. The predicted octanol–water partition coefficient (Wildman–Crippen LogP) is 3.73. The van der Waals surface area contributed by atoms with E-state index >= 15 is 0 Å². The van der Waals surface area contributed by atoms with Gasteiger partial charge >= 0.3 is 0 Å². The first-order valence-electron chi connectivity index (χ1n) is 5.77. The van der Waals surface area contributed by atoms with Crippen molar-refractivity contribution in [3.63, 3.8) is 0 Å². The normalized spacial score (nSPS) is 10.1. The topological polar surface area (TPSA) is 35.5 Å². The Morgan fingerprint density at radius 3 is 2.65 bits per heavy atom. The number of ether oxygens (including phenoxy) is 2. The second kappa shape index (κ2) is 7.17. The third kappa shape index (κ3) is 3.93. The van der Waals surface area contributed by atoms with Gasteiger partial charge in [0.15, 0.2) is 11.5 Å². The van der Waals surface area contributed by atoms with Gasteiger partial charge in [-0.05, 0) is 25.5 Å². The maximum atomic E-state index is 10.7. The summed E-state index contributed by atoms with van der Waals surface area (Å²) in [6.07, 6.45) is 2.75. The van der Waals surface area contributed by atoms with Crippen molar-refractivity contribution in [2.24, 2.45) is 0 Å². The number of unbranched alkanes of at least 4 members (excludes halogenated alkanes) is 1. The average molecular weight is 257 g/mol. The molecule has 0 aliphatic carbocycles. The highest BCUT2D eigenvalue weighted by atomic mass is 35.5. The van der Waals surface area contributed by atoms with Gasteiger partial charge in [0.1, 0.15) is 6.29 Å². The minimum Gasteiger partial charge on any atom is -0.490 e. The first-order chi connectivity index (χ1) is 8.22. The zero-order chi connectivity index (χ0) is 12.7. The van der Waals surface area contributed by atoms with Crippen LogP contribution in [0.1, 0.15) is 37.0 Å². The Morgan fingerprint density at radius 1 is 1.29 bits per heavy atom. The van der Waals surface area contributed by atoms with Gasteiger partial charge < -0.3 is 9.47 Å². The van der Waals surface area contributed by atoms with Crippen molar-refractivity contribution in [3.8, 4) is 11.5 Å². The van der Waals surface area contributed by atoms with Crippen LogP contribution < -0.4 is 9.47 Å². The maximum absolute atomic E-state index is 10.7. The van der Waals surface area contributed by atoms with Crippen LogP contribution in [0.5, 0.6) is 11.5 Å². The van der Waals surface area contributed by atoms with Gasteiger partial charge in [-0.15, -0.1) is 0 Å². The molecule has 0 bridgehead atoms. The van der Waals surface area contributed by atoms with Gasteiger partial charge in [0, 0.05) is 5.56 Å². The van der Waals surface area contributed by atoms with Crippen LogP contribution in [0.15, 0.2) is 12.1 Å². The Hall–Kier alpha value is -1.22. The summed E-state index contributed by atoms with van der Waals surface area (Å²) >= 11 is 6.06. The fourth-order valence-electron chi connectivity index (χ4n) is 1.38. The minimum atomic E-state index is 0.411. The van der Waals surface area contributed by atoms with Gasteiger partial charge in [-0.3, -0.25) is 4.79 Å². The fourth-order valence-corrected chi connectivity index (χ4v) is 1.65. The molecule has 0 amide bonds. The molecule has 1 aromatic rings.